The van der Waals surface area contributed by atoms with Gasteiger partial charge in [-0.05, 0) is 30.7 Å². The lowest BCUT2D eigenvalue weighted by molar-refractivity contribution is -0.129. The molecule has 8 nitrogen and oxygen atoms in total. The first kappa shape index (κ1) is 19.2. The van der Waals surface area contributed by atoms with Crippen LogP contribution in [-0.4, -0.2) is 75.5 Å². The molecular formula is C16H23N3O5S. The van der Waals surface area contributed by atoms with Gasteiger partial charge in [-0.25, -0.2) is 12.7 Å². The Morgan fingerprint density at radius 3 is 2.40 bits per heavy atom. The van der Waals surface area contributed by atoms with Gasteiger partial charge in [0.15, 0.2) is 0 Å². The molecule has 0 saturated carbocycles. The number of carbonyl (C=O) groups excluding carboxylic acids is 2. The van der Waals surface area contributed by atoms with Gasteiger partial charge in [0, 0.05) is 31.7 Å². The first-order valence-corrected chi connectivity index (χ1v) is 9.81. The maximum Gasteiger partial charge on any atom is 0.251 e. The molecule has 25 heavy (non-hydrogen) atoms. The average Bonchev–Trinajstić information content (AvgIpc) is 2.85. The lowest BCUT2D eigenvalue weighted by Crippen LogP contribution is -2.42. The zero-order valence-corrected chi connectivity index (χ0v) is 15.2. The molecule has 1 saturated heterocycles. The Labute approximate surface area is 147 Å². The molecule has 0 bridgehead atoms. The van der Waals surface area contributed by atoms with Crippen molar-refractivity contribution in [3.8, 4) is 5.75 Å². The first-order valence-electron chi connectivity index (χ1n) is 7.96. The molecule has 0 unspecified atom stereocenters. The van der Waals surface area contributed by atoms with Crippen LogP contribution < -0.4 is 10.1 Å². The van der Waals surface area contributed by atoms with E-state index in [0.29, 0.717) is 37.4 Å². The Balaban J connectivity index is 1.86. The molecule has 0 spiro atoms. The first-order chi connectivity index (χ1) is 11.8. The van der Waals surface area contributed by atoms with Crippen LogP contribution >= 0.6 is 0 Å². The molecule has 1 aromatic carbocycles. The van der Waals surface area contributed by atoms with Gasteiger partial charge in [-0.15, -0.1) is 0 Å². The molecule has 0 atom stereocenters. The van der Waals surface area contributed by atoms with E-state index in [0.717, 1.165) is 0 Å². The van der Waals surface area contributed by atoms with Gasteiger partial charge in [0.25, 0.3) is 5.91 Å². The lowest BCUT2D eigenvalue weighted by Gasteiger charge is -2.21. The predicted molar refractivity (Wildman–Crippen MR) is 92.9 cm³/mol. The van der Waals surface area contributed by atoms with Crippen molar-refractivity contribution in [3.63, 3.8) is 0 Å². The van der Waals surface area contributed by atoms with Crippen molar-refractivity contribution in [2.24, 2.45) is 0 Å². The molecule has 2 rings (SSSR count). The summed E-state index contributed by atoms with van der Waals surface area (Å²) in [5.41, 5.74) is 0.438. The van der Waals surface area contributed by atoms with Crippen LogP contribution in [-0.2, 0) is 14.8 Å². The van der Waals surface area contributed by atoms with Gasteiger partial charge < -0.3 is 15.0 Å². The Hall–Kier alpha value is -2.13. The van der Waals surface area contributed by atoms with E-state index < -0.39 is 10.0 Å². The van der Waals surface area contributed by atoms with Gasteiger partial charge in [0.05, 0.1) is 19.9 Å². The van der Waals surface area contributed by atoms with Gasteiger partial charge in [-0.1, -0.05) is 0 Å². The molecule has 0 aromatic heterocycles. The fourth-order valence-corrected chi connectivity index (χ4v) is 3.46. The monoisotopic (exact) mass is 369 g/mol. The minimum atomic E-state index is -3.25. The second-order valence-electron chi connectivity index (χ2n) is 5.81. The molecule has 1 heterocycles. The van der Waals surface area contributed by atoms with Crippen LogP contribution in [0.2, 0.25) is 0 Å². The Bertz CT molecular complexity index is 718. The number of amides is 2. The summed E-state index contributed by atoms with van der Waals surface area (Å²) in [6.45, 7) is 1.36. The zero-order valence-electron chi connectivity index (χ0n) is 14.4. The van der Waals surface area contributed by atoms with Crippen molar-refractivity contribution in [1.82, 2.24) is 14.5 Å². The number of carbonyl (C=O) groups is 2. The molecule has 0 radical (unpaired) electrons. The quantitative estimate of drug-likeness (QED) is 0.783. The molecule has 1 aliphatic rings. The van der Waals surface area contributed by atoms with E-state index >= 15 is 0 Å². The smallest absolute Gasteiger partial charge is 0.251 e. The molecule has 138 valence electrons. The average molecular weight is 369 g/mol. The molecule has 9 heteroatoms. The van der Waals surface area contributed by atoms with Gasteiger partial charge in [0.2, 0.25) is 15.9 Å². The molecule has 1 aromatic rings. The van der Waals surface area contributed by atoms with Crippen LogP contribution in [0, 0.1) is 0 Å². The van der Waals surface area contributed by atoms with E-state index in [1.807, 2.05) is 0 Å². The largest absolute Gasteiger partial charge is 0.497 e. The molecule has 1 fully saturated rings. The summed E-state index contributed by atoms with van der Waals surface area (Å²) in [5.74, 6) is 0.0772. The van der Waals surface area contributed by atoms with E-state index in [1.54, 1.807) is 36.3 Å². The summed E-state index contributed by atoms with van der Waals surface area (Å²) >= 11 is 0. The number of methoxy groups -OCH3 is 1. The fraction of sp³-hybridized carbons (Fsp3) is 0.500. The van der Waals surface area contributed by atoms with Gasteiger partial charge in [-0.2, -0.15) is 0 Å². The van der Waals surface area contributed by atoms with Crippen LogP contribution in [0.3, 0.4) is 0 Å². The van der Waals surface area contributed by atoms with E-state index in [-0.39, 0.29) is 24.9 Å². The highest BCUT2D eigenvalue weighted by atomic mass is 32.2. The molecule has 1 N–H and O–H groups in total. The fourth-order valence-electron chi connectivity index (χ4n) is 2.59. The Kier molecular flexibility index (Phi) is 6.38. The van der Waals surface area contributed by atoms with Gasteiger partial charge in [-0.3, -0.25) is 9.59 Å². The van der Waals surface area contributed by atoms with Crippen molar-refractivity contribution < 1.29 is 22.7 Å². The molecule has 0 aliphatic carbocycles. The Morgan fingerprint density at radius 1 is 1.12 bits per heavy atom. The van der Waals surface area contributed by atoms with Crippen molar-refractivity contribution in [2.45, 2.75) is 6.42 Å². The maximum absolute atomic E-state index is 12.3. The third kappa shape index (κ3) is 5.43. The maximum atomic E-state index is 12.3. The predicted octanol–water partition coefficient (Wildman–Crippen LogP) is -0.0811. The SMILES string of the molecule is COc1ccc(C(=O)NCC(=O)N2CCCN(S(C)(=O)=O)CC2)cc1. The van der Waals surface area contributed by atoms with Crippen LogP contribution in [0.25, 0.3) is 0 Å². The van der Waals surface area contributed by atoms with Gasteiger partial charge >= 0.3 is 0 Å². The summed E-state index contributed by atoms with van der Waals surface area (Å²) in [4.78, 5) is 25.9. The van der Waals surface area contributed by atoms with E-state index in [1.165, 1.54) is 10.6 Å². The lowest BCUT2D eigenvalue weighted by atomic mass is 10.2. The van der Waals surface area contributed by atoms with Crippen LogP contribution in [0.15, 0.2) is 24.3 Å². The van der Waals surface area contributed by atoms with E-state index in [4.69, 9.17) is 4.74 Å². The van der Waals surface area contributed by atoms with E-state index in [9.17, 15) is 18.0 Å². The van der Waals surface area contributed by atoms with Crippen LogP contribution in [0.1, 0.15) is 16.8 Å². The van der Waals surface area contributed by atoms with Crippen molar-refractivity contribution in [2.75, 3.05) is 46.1 Å². The summed E-state index contributed by atoms with van der Waals surface area (Å²) < 4.78 is 29.6. The van der Waals surface area contributed by atoms with Crippen molar-refractivity contribution in [1.29, 1.82) is 0 Å². The highest BCUT2D eigenvalue weighted by Crippen LogP contribution is 2.11. The number of hydrogen-bond acceptors (Lipinski definition) is 5. The third-order valence-electron chi connectivity index (χ3n) is 4.03. The summed E-state index contributed by atoms with van der Waals surface area (Å²) in [5, 5.41) is 2.59. The second-order valence-corrected chi connectivity index (χ2v) is 7.79. The van der Waals surface area contributed by atoms with Crippen LogP contribution in [0.5, 0.6) is 5.75 Å². The number of hydrogen-bond donors (Lipinski definition) is 1. The van der Waals surface area contributed by atoms with Crippen LogP contribution in [0.4, 0.5) is 0 Å². The summed E-state index contributed by atoms with van der Waals surface area (Å²) in [7, 11) is -1.71. The van der Waals surface area contributed by atoms with Crippen molar-refractivity contribution >= 4 is 21.8 Å². The number of nitrogens with zero attached hydrogens (tertiary/aromatic N) is 2. The standard InChI is InChI=1S/C16H23N3O5S/c1-24-14-6-4-13(5-7-14)16(21)17-12-15(20)18-8-3-9-19(11-10-18)25(2,22)23/h4-7H,3,8-12H2,1-2H3,(H,17,21). The number of benzene rings is 1. The number of sulfonamides is 1. The number of ether oxygens (including phenoxy) is 1. The summed E-state index contributed by atoms with van der Waals surface area (Å²) in [6, 6.07) is 6.58. The minimum Gasteiger partial charge on any atom is -0.497 e. The van der Waals surface area contributed by atoms with Crippen molar-refractivity contribution in [3.05, 3.63) is 29.8 Å². The summed E-state index contributed by atoms with van der Waals surface area (Å²) in [6.07, 6.45) is 1.74. The third-order valence-corrected chi connectivity index (χ3v) is 5.33. The highest BCUT2D eigenvalue weighted by molar-refractivity contribution is 7.88. The highest BCUT2D eigenvalue weighted by Gasteiger charge is 2.23. The topological polar surface area (TPSA) is 96.0 Å². The molecule has 2 amide bonds. The van der Waals surface area contributed by atoms with Gasteiger partial charge in [0.1, 0.15) is 5.75 Å². The number of rotatable bonds is 5. The second kappa shape index (κ2) is 8.30. The molecular weight excluding hydrogens is 346 g/mol. The Morgan fingerprint density at radius 2 is 1.80 bits per heavy atom. The molecule has 1 aliphatic heterocycles. The normalized spacial score (nSPS) is 16.2. The minimum absolute atomic E-state index is 0.121. The van der Waals surface area contributed by atoms with E-state index in [2.05, 4.69) is 5.32 Å². The zero-order chi connectivity index (χ0) is 18.4. The number of nitrogens with one attached hydrogen (secondary N) is 1.